The average Bonchev–Trinajstić information content (AvgIpc) is 2.72. The maximum atomic E-state index is 4.06. The molecule has 0 saturated heterocycles. The first-order valence-corrected chi connectivity index (χ1v) is 4.13. The molecule has 2 aromatic rings. The second kappa shape index (κ2) is 4.38. The predicted molar refractivity (Wildman–Crippen MR) is 46.8 cm³/mol. The second-order valence-electron chi connectivity index (χ2n) is 2.63. The molecular weight excluding hydrogens is 182 g/mol. The number of hydrogen-bond acceptors (Lipinski definition) is 6. The van der Waals surface area contributed by atoms with Gasteiger partial charge in [-0.3, -0.25) is 0 Å². The van der Waals surface area contributed by atoms with Gasteiger partial charge in [-0.1, -0.05) is 5.21 Å². The van der Waals surface area contributed by atoms with Crippen LogP contribution >= 0.6 is 0 Å². The molecule has 0 aliphatic rings. The third-order valence-corrected chi connectivity index (χ3v) is 1.62. The molecule has 0 aliphatic heterocycles. The maximum absolute atomic E-state index is 4.06. The van der Waals surface area contributed by atoms with Gasteiger partial charge in [-0.2, -0.15) is 5.21 Å². The Bertz CT molecular complexity index is 357. The van der Waals surface area contributed by atoms with Gasteiger partial charge in [0.25, 0.3) is 0 Å². The summed E-state index contributed by atoms with van der Waals surface area (Å²) in [4.78, 5) is 7.88. The van der Waals surface area contributed by atoms with Crippen LogP contribution < -0.4 is 5.32 Å². The molecule has 2 aromatic heterocycles. The highest BCUT2D eigenvalue weighted by molar-refractivity contribution is 4.97. The molecule has 0 amide bonds. The van der Waals surface area contributed by atoms with Gasteiger partial charge in [0.2, 0.25) is 0 Å². The number of H-pyrrole nitrogens is 1. The highest BCUT2D eigenvalue weighted by Crippen LogP contribution is 1.90. The van der Waals surface area contributed by atoms with Crippen molar-refractivity contribution in [2.45, 2.75) is 13.1 Å². The molecule has 0 radical (unpaired) electrons. The number of tetrazole rings is 1. The smallest absolute Gasteiger partial charge is 0.188 e. The third kappa shape index (κ3) is 2.30. The van der Waals surface area contributed by atoms with Crippen molar-refractivity contribution >= 4 is 0 Å². The van der Waals surface area contributed by atoms with Gasteiger partial charge in [0.15, 0.2) is 5.82 Å². The molecule has 0 fully saturated rings. The van der Waals surface area contributed by atoms with Crippen molar-refractivity contribution in [3.63, 3.8) is 0 Å². The molecular formula is C7H9N7. The fraction of sp³-hybridized carbons (Fsp3) is 0.286. The summed E-state index contributed by atoms with van der Waals surface area (Å²) in [5.41, 5.74) is 0.934. The Morgan fingerprint density at radius 3 is 3.07 bits per heavy atom. The van der Waals surface area contributed by atoms with Crippen LogP contribution in [0.2, 0.25) is 0 Å². The fourth-order valence-electron chi connectivity index (χ4n) is 0.982. The molecule has 2 N–H and O–H groups in total. The minimum atomic E-state index is 0.570. The predicted octanol–water partition coefficient (Wildman–Crippen LogP) is -0.721. The first-order chi connectivity index (χ1) is 6.95. The molecule has 0 unspecified atom stereocenters. The maximum Gasteiger partial charge on any atom is 0.188 e. The molecule has 0 bridgehead atoms. The van der Waals surface area contributed by atoms with Gasteiger partial charge < -0.3 is 5.32 Å². The molecule has 0 spiro atoms. The zero-order valence-corrected chi connectivity index (χ0v) is 7.38. The Balaban J connectivity index is 1.79. The third-order valence-electron chi connectivity index (χ3n) is 1.62. The van der Waals surface area contributed by atoms with E-state index in [1.165, 1.54) is 6.33 Å². The normalized spacial score (nSPS) is 10.3. The summed E-state index contributed by atoms with van der Waals surface area (Å²) >= 11 is 0. The summed E-state index contributed by atoms with van der Waals surface area (Å²) < 4.78 is 0. The molecule has 0 saturated carbocycles. The van der Waals surface area contributed by atoms with Crippen molar-refractivity contribution in [2.24, 2.45) is 0 Å². The Morgan fingerprint density at radius 1 is 1.36 bits per heavy atom. The summed E-state index contributed by atoms with van der Waals surface area (Å²) in [5, 5.41) is 16.6. The van der Waals surface area contributed by atoms with Gasteiger partial charge in [-0.25, -0.2) is 9.97 Å². The SMILES string of the molecule is c1cc(CNCc2nn[nH]n2)ncn1. The van der Waals surface area contributed by atoms with Gasteiger partial charge >= 0.3 is 0 Å². The molecule has 0 atom stereocenters. The van der Waals surface area contributed by atoms with Crippen molar-refractivity contribution in [1.82, 2.24) is 35.9 Å². The van der Waals surface area contributed by atoms with Crippen LogP contribution in [-0.4, -0.2) is 30.6 Å². The number of aromatic amines is 1. The number of hydrogen-bond donors (Lipinski definition) is 2. The largest absolute Gasteiger partial charge is 0.304 e. The van der Waals surface area contributed by atoms with E-state index in [0.717, 1.165) is 5.69 Å². The van der Waals surface area contributed by atoms with E-state index in [-0.39, 0.29) is 0 Å². The number of rotatable bonds is 4. The second-order valence-corrected chi connectivity index (χ2v) is 2.63. The lowest BCUT2D eigenvalue weighted by Gasteiger charge is -1.99. The van der Waals surface area contributed by atoms with E-state index < -0.39 is 0 Å². The van der Waals surface area contributed by atoms with E-state index >= 15 is 0 Å². The molecule has 0 aliphatic carbocycles. The van der Waals surface area contributed by atoms with Crippen molar-refractivity contribution in [1.29, 1.82) is 0 Å². The zero-order valence-electron chi connectivity index (χ0n) is 7.38. The van der Waals surface area contributed by atoms with Crippen LogP contribution in [0.25, 0.3) is 0 Å². The van der Waals surface area contributed by atoms with Crippen molar-refractivity contribution in [2.75, 3.05) is 0 Å². The molecule has 7 heteroatoms. The van der Waals surface area contributed by atoms with Crippen molar-refractivity contribution in [3.8, 4) is 0 Å². The lowest BCUT2D eigenvalue weighted by Crippen LogP contribution is -2.14. The first-order valence-electron chi connectivity index (χ1n) is 4.13. The standard InChI is InChI=1S/C7H9N7/c1-2-8-5-10-6(1)3-9-4-7-11-13-14-12-7/h1-2,5,9H,3-4H2,(H,11,12,13,14). The number of aromatic nitrogens is 6. The topological polar surface area (TPSA) is 92.3 Å². The lowest BCUT2D eigenvalue weighted by molar-refractivity contribution is 0.651. The molecule has 2 heterocycles. The van der Waals surface area contributed by atoms with E-state index in [1.54, 1.807) is 6.20 Å². The molecule has 7 nitrogen and oxygen atoms in total. The highest BCUT2D eigenvalue weighted by atomic mass is 15.5. The van der Waals surface area contributed by atoms with E-state index in [2.05, 4.69) is 35.9 Å². The van der Waals surface area contributed by atoms with Gasteiger partial charge in [-0.05, 0) is 6.07 Å². The van der Waals surface area contributed by atoms with Crippen LogP contribution in [-0.2, 0) is 13.1 Å². The Hall–Kier alpha value is -1.89. The minimum Gasteiger partial charge on any atom is -0.304 e. The van der Waals surface area contributed by atoms with E-state index in [0.29, 0.717) is 18.9 Å². The zero-order chi connectivity index (χ0) is 9.64. The van der Waals surface area contributed by atoms with Gasteiger partial charge in [-0.15, -0.1) is 10.2 Å². The van der Waals surface area contributed by atoms with Crippen LogP contribution in [0.5, 0.6) is 0 Å². The van der Waals surface area contributed by atoms with Crippen molar-refractivity contribution in [3.05, 3.63) is 30.1 Å². The Kier molecular flexibility index (Phi) is 2.72. The molecule has 72 valence electrons. The van der Waals surface area contributed by atoms with Crippen LogP contribution in [0.1, 0.15) is 11.5 Å². The van der Waals surface area contributed by atoms with Crippen LogP contribution in [0, 0.1) is 0 Å². The van der Waals surface area contributed by atoms with Crippen LogP contribution in [0.15, 0.2) is 18.6 Å². The van der Waals surface area contributed by atoms with Gasteiger partial charge in [0, 0.05) is 12.7 Å². The molecule has 0 aromatic carbocycles. The summed E-state index contributed by atoms with van der Waals surface area (Å²) in [6.07, 6.45) is 3.23. The first kappa shape index (κ1) is 8.70. The van der Waals surface area contributed by atoms with Gasteiger partial charge in [0.05, 0.1) is 12.2 Å². The summed E-state index contributed by atoms with van der Waals surface area (Å²) in [6, 6.07) is 1.85. The monoisotopic (exact) mass is 191 g/mol. The van der Waals surface area contributed by atoms with Crippen molar-refractivity contribution < 1.29 is 0 Å². The fourth-order valence-corrected chi connectivity index (χ4v) is 0.982. The number of nitrogens with one attached hydrogen (secondary N) is 2. The highest BCUT2D eigenvalue weighted by Gasteiger charge is 1.97. The summed E-state index contributed by atoms with van der Waals surface area (Å²) in [6.45, 7) is 1.23. The Labute approximate surface area is 80.0 Å². The average molecular weight is 191 g/mol. The lowest BCUT2D eigenvalue weighted by atomic mass is 10.4. The van der Waals surface area contributed by atoms with Crippen LogP contribution in [0.4, 0.5) is 0 Å². The minimum absolute atomic E-state index is 0.570. The van der Waals surface area contributed by atoms with Crippen LogP contribution in [0.3, 0.4) is 0 Å². The van der Waals surface area contributed by atoms with E-state index in [1.807, 2.05) is 6.07 Å². The molecule has 2 rings (SSSR count). The van der Waals surface area contributed by atoms with E-state index in [9.17, 15) is 0 Å². The number of nitrogens with zero attached hydrogens (tertiary/aromatic N) is 5. The van der Waals surface area contributed by atoms with E-state index in [4.69, 9.17) is 0 Å². The quantitative estimate of drug-likeness (QED) is 0.662. The summed E-state index contributed by atoms with van der Waals surface area (Å²) in [5.74, 6) is 0.638. The molecule has 14 heavy (non-hydrogen) atoms. The summed E-state index contributed by atoms with van der Waals surface area (Å²) in [7, 11) is 0. The Morgan fingerprint density at radius 2 is 2.36 bits per heavy atom. The van der Waals surface area contributed by atoms with Gasteiger partial charge in [0.1, 0.15) is 6.33 Å².